The van der Waals surface area contributed by atoms with Crippen LogP contribution in [0.2, 0.25) is 0 Å². The van der Waals surface area contributed by atoms with Crippen LogP contribution in [0.3, 0.4) is 0 Å². The fraction of sp³-hybridized carbons (Fsp3) is 0.421. The number of rotatable bonds is 7. The Labute approximate surface area is 171 Å². The van der Waals surface area contributed by atoms with Gasteiger partial charge in [-0.1, -0.05) is 38.0 Å². The maximum atomic E-state index is 12.7. The Morgan fingerprint density at radius 2 is 1.90 bits per heavy atom. The lowest BCUT2D eigenvalue weighted by Crippen LogP contribution is -2.47. The van der Waals surface area contributed by atoms with Crippen LogP contribution >= 0.6 is 11.8 Å². The maximum absolute atomic E-state index is 12.7. The van der Waals surface area contributed by atoms with E-state index in [4.69, 9.17) is 0 Å². The van der Waals surface area contributed by atoms with E-state index >= 15 is 0 Å². The number of nitrogens with one attached hydrogen (secondary N) is 2. The number of hydrazine groups is 1. The maximum Gasteiger partial charge on any atom is 0.290 e. The molecule has 29 heavy (non-hydrogen) atoms. The molecule has 0 saturated carbocycles. The molecule has 9 nitrogen and oxygen atoms in total. The van der Waals surface area contributed by atoms with Gasteiger partial charge < -0.3 is 4.90 Å². The Morgan fingerprint density at radius 1 is 1.14 bits per heavy atom. The van der Waals surface area contributed by atoms with Gasteiger partial charge in [0.15, 0.2) is 5.69 Å². The zero-order valence-electron chi connectivity index (χ0n) is 16.1. The van der Waals surface area contributed by atoms with Gasteiger partial charge in [0, 0.05) is 11.9 Å². The number of unbranched alkanes of at least 4 members (excludes halogenated alkanes) is 2. The third-order valence-corrected chi connectivity index (χ3v) is 5.48. The second kappa shape index (κ2) is 9.55. The average molecular weight is 417 g/mol. The minimum absolute atomic E-state index is 0.0600. The average Bonchev–Trinajstić information content (AvgIpc) is 3.12. The van der Waals surface area contributed by atoms with Gasteiger partial charge in [-0.3, -0.25) is 30.0 Å². The van der Waals surface area contributed by atoms with E-state index in [1.807, 2.05) is 0 Å². The van der Waals surface area contributed by atoms with Gasteiger partial charge in [0.05, 0.1) is 17.0 Å². The number of aryl methyl sites for hydroxylation is 1. The molecule has 2 heterocycles. The number of benzene rings is 1. The number of nitrogens with zero attached hydrogens (tertiary/aromatic N) is 3. The topological polar surface area (TPSA) is 113 Å². The van der Waals surface area contributed by atoms with Crippen LogP contribution in [0, 0.1) is 0 Å². The van der Waals surface area contributed by atoms with Gasteiger partial charge in [-0.2, -0.15) is 5.10 Å². The zero-order valence-corrected chi connectivity index (χ0v) is 17.0. The smallest absolute Gasteiger partial charge is 0.290 e. The van der Waals surface area contributed by atoms with Gasteiger partial charge >= 0.3 is 0 Å². The van der Waals surface area contributed by atoms with E-state index in [2.05, 4.69) is 22.9 Å². The molecule has 1 fully saturated rings. The molecule has 2 N–H and O–H groups in total. The van der Waals surface area contributed by atoms with Crippen molar-refractivity contribution >= 4 is 40.3 Å². The summed E-state index contributed by atoms with van der Waals surface area (Å²) in [6.07, 6.45) is 2.73. The lowest BCUT2D eigenvalue weighted by Gasteiger charge is -2.15. The normalized spacial score (nSPS) is 13.7. The first-order valence-electron chi connectivity index (χ1n) is 9.45. The van der Waals surface area contributed by atoms with Crippen molar-refractivity contribution in [1.82, 2.24) is 25.5 Å². The van der Waals surface area contributed by atoms with Crippen molar-refractivity contribution in [2.45, 2.75) is 32.7 Å². The summed E-state index contributed by atoms with van der Waals surface area (Å²) >= 11 is 1.43. The molecule has 154 valence electrons. The standard InChI is InChI=1S/C19H23N5O4S/c1-2-3-6-9-24-19(28)14-8-5-4-7-13(14)17(22-24)18(27)21-20-15(25)10-23-12-29-11-16(23)26/h4-5,7-8H,2-3,6,9-12H2,1H3,(H,20,25)(H,21,27). The van der Waals surface area contributed by atoms with E-state index in [9.17, 15) is 19.2 Å². The highest BCUT2D eigenvalue weighted by Crippen LogP contribution is 2.14. The van der Waals surface area contributed by atoms with E-state index in [1.165, 1.54) is 21.3 Å². The molecule has 0 spiro atoms. The van der Waals surface area contributed by atoms with Crippen LogP contribution in [0.1, 0.15) is 36.7 Å². The third-order valence-electron chi connectivity index (χ3n) is 4.53. The third kappa shape index (κ3) is 4.94. The molecule has 0 radical (unpaired) electrons. The number of hydrogen-bond donors (Lipinski definition) is 2. The molecule has 10 heteroatoms. The number of fused-ring (bicyclic) bond motifs is 1. The Balaban J connectivity index is 1.75. The molecule has 2 aromatic rings. The fourth-order valence-electron chi connectivity index (χ4n) is 3.00. The summed E-state index contributed by atoms with van der Waals surface area (Å²) in [4.78, 5) is 50.4. The van der Waals surface area contributed by atoms with Crippen LogP contribution in [0.5, 0.6) is 0 Å². The van der Waals surface area contributed by atoms with Gasteiger partial charge in [0.25, 0.3) is 17.4 Å². The van der Waals surface area contributed by atoms with E-state index in [-0.39, 0.29) is 23.7 Å². The van der Waals surface area contributed by atoms with Crippen molar-refractivity contribution in [2.24, 2.45) is 0 Å². The summed E-state index contributed by atoms with van der Waals surface area (Å²) in [5, 5.41) is 5.06. The SMILES string of the molecule is CCCCCn1nc(C(=O)NNC(=O)CN2CSCC2=O)c2ccccc2c1=O. The molecule has 1 aliphatic rings. The van der Waals surface area contributed by atoms with Crippen LogP contribution in [0.15, 0.2) is 29.1 Å². The second-order valence-electron chi connectivity index (χ2n) is 6.70. The summed E-state index contributed by atoms with van der Waals surface area (Å²) in [7, 11) is 0. The lowest BCUT2D eigenvalue weighted by molar-refractivity contribution is -0.132. The molecule has 1 aromatic heterocycles. The van der Waals surface area contributed by atoms with Crippen molar-refractivity contribution in [2.75, 3.05) is 18.2 Å². The number of thioether (sulfide) groups is 1. The molecule has 1 saturated heterocycles. The Morgan fingerprint density at radius 3 is 2.59 bits per heavy atom. The highest BCUT2D eigenvalue weighted by Gasteiger charge is 2.23. The van der Waals surface area contributed by atoms with Crippen LogP contribution in [-0.2, 0) is 16.1 Å². The van der Waals surface area contributed by atoms with E-state index in [0.29, 0.717) is 28.9 Å². The number of carbonyl (C=O) groups excluding carboxylic acids is 3. The highest BCUT2D eigenvalue weighted by molar-refractivity contribution is 8.00. The highest BCUT2D eigenvalue weighted by atomic mass is 32.2. The van der Waals surface area contributed by atoms with Crippen LogP contribution < -0.4 is 16.4 Å². The summed E-state index contributed by atoms with van der Waals surface area (Å²) in [5.74, 6) is -0.427. The molecule has 0 bridgehead atoms. The molecule has 0 atom stereocenters. The molecule has 1 aliphatic heterocycles. The summed E-state index contributed by atoms with van der Waals surface area (Å²) < 4.78 is 1.30. The summed E-state index contributed by atoms with van der Waals surface area (Å²) in [6.45, 7) is 2.35. The largest absolute Gasteiger partial charge is 0.323 e. The Kier molecular flexibility index (Phi) is 6.86. The second-order valence-corrected chi connectivity index (χ2v) is 7.66. The van der Waals surface area contributed by atoms with Crippen molar-refractivity contribution < 1.29 is 14.4 Å². The van der Waals surface area contributed by atoms with Gasteiger partial charge in [0.2, 0.25) is 5.91 Å². The minimum atomic E-state index is -0.624. The van der Waals surface area contributed by atoms with Crippen LogP contribution in [0.4, 0.5) is 0 Å². The summed E-state index contributed by atoms with van der Waals surface area (Å²) in [5.41, 5.74) is 4.46. The Bertz CT molecular complexity index is 990. The van der Waals surface area contributed by atoms with Crippen LogP contribution in [-0.4, -0.2) is 50.6 Å². The van der Waals surface area contributed by atoms with E-state index in [0.717, 1.165) is 19.3 Å². The quantitative estimate of drug-likeness (QED) is 0.511. The molecule has 3 rings (SSSR count). The first kappa shape index (κ1) is 20.8. The van der Waals surface area contributed by atoms with Gasteiger partial charge in [-0.25, -0.2) is 4.68 Å². The first-order valence-corrected chi connectivity index (χ1v) is 10.6. The fourth-order valence-corrected chi connectivity index (χ4v) is 3.91. The molecular formula is C19H23N5O4S. The number of amides is 3. The van der Waals surface area contributed by atoms with Gasteiger partial charge in [0.1, 0.15) is 6.54 Å². The number of carbonyl (C=O) groups is 3. The van der Waals surface area contributed by atoms with Gasteiger partial charge in [-0.15, -0.1) is 11.8 Å². The van der Waals surface area contributed by atoms with E-state index in [1.54, 1.807) is 24.3 Å². The van der Waals surface area contributed by atoms with Gasteiger partial charge in [-0.05, 0) is 12.5 Å². The predicted molar refractivity (Wildman–Crippen MR) is 110 cm³/mol. The molecule has 0 aliphatic carbocycles. The number of hydrogen-bond acceptors (Lipinski definition) is 6. The number of aromatic nitrogens is 2. The zero-order chi connectivity index (χ0) is 20.8. The molecule has 1 aromatic carbocycles. The molecule has 3 amide bonds. The van der Waals surface area contributed by atoms with Crippen molar-refractivity contribution in [3.05, 3.63) is 40.3 Å². The molecule has 0 unspecified atom stereocenters. The first-order chi connectivity index (χ1) is 14.0. The van der Waals surface area contributed by atoms with Crippen LogP contribution in [0.25, 0.3) is 10.8 Å². The van der Waals surface area contributed by atoms with Crippen molar-refractivity contribution in [3.63, 3.8) is 0 Å². The molecular weight excluding hydrogens is 394 g/mol. The van der Waals surface area contributed by atoms with Crippen molar-refractivity contribution in [3.8, 4) is 0 Å². The monoisotopic (exact) mass is 417 g/mol. The minimum Gasteiger partial charge on any atom is -0.323 e. The summed E-state index contributed by atoms with van der Waals surface area (Å²) in [6, 6.07) is 6.75. The predicted octanol–water partition coefficient (Wildman–Crippen LogP) is 0.881. The van der Waals surface area contributed by atoms with E-state index < -0.39 is 11.8 Å². The lowest BCUT2D eigenvalue weighted by atomic mass is 10.1. The Hall–Kier alpha value is -2.88. The van der Waals surface area contributed by atoms with Crippen molar-refractivity contribution in [1.29, 1.82) is 0 Å².